The molecule has 2 aromatic carbocycles. The van der Waals surface area contributed by atoms with Crippen molar-refractivity contribution in [2.24, 2.45) is 0 Å². The van der Waals surface area contributed by atoms with Crippen LogP contribution in [0.2, 0.25) is 0 Å². The first-order chi connectivity index (χ1) is 13.6. The second-order valence-corrected chi connectivity index (χ2v) is 7.59. The highest BCUT2D eigenvalue weighted by molar-refractivity contribution is 5.93. The van der Waals surface area contributed by atoms with Gasteiger partial charge in [0.25, 0.3) is 11.8 Å². The van der Waals surface area contributed by atoms with Crippen LogP contribution in [0.15, 0.2) is 30.3 Å². The number of hydrogen-bond acceptors (Lipinski definition) is 2. The molecule has 1 unspecified atom stereocenters. The molecule has 156 valence electrons. The lowest BCUT2D eigenvalue weighted by molar-refractivity contribution is -0.862. The van der Waals surface area contributed by atoms with Crippen LogP contribution in [0.3, 0.4) is 0 Å². The normalized spacial score (nSPS) is 12.9. The van der Waals surface area contributed by atoms with Gasteiger partial charge in [-0.2, -0.15) is 0 Å². The van der Waals surface area contributed by atoms with Gasteiger partial charge in [0.2, 0.25) is 0 Å². The highest BCUT2D eigenvalue weighted by Gasteiger charge is 2.19. The molecule has 2 rings (SSSR count). The zero-order valence-corrected chi connectivity index (χ0v) is 17.5. The maximum absolute atomic E-state index is 13.8. The fourth-order valence-electron chi connectivity index (χ4n) is 3.39. The predicted octanol–water partition coefficient (Wildman–Crippen LogP) is 2.22. The number of hydrogen-bond donors (Lipinski definition) is 3. The summed E-state index contributed by atoms with van der Waals surface area (Å²) >= 11 is 0. The monoisotopic (exact) mass is 404 g/mol. The van der Waals surface area contributed by atoms with Crippen molar-refractivity contribution in [2.45, 2.75) is 33.7 Å². The lowest BCUT2D eigenvalue weighted by Gasteiger charge is -2.18. The number of anilines is 1. The highest BCUT2D eigenvalue weighted by Crippen LogP contribution is 2.21. The Bertz CT molecular complexity index is 892. The Kier molecular flexibility index (Phi) is 7.45. The lowest BCUT2D eigenvalue weighted by Crippen LogP contribution is -3.11. The van der Waals surface area contributed by atoms with Crippen molar-refractivity contribution in [1.82, 2.24) is 5.32 Å². The molecule has 2 amide bonds. The van der Waals surface area contributed by atoms with Crippen molar-refractivity contribution in [2.75, 3.05) is 25.5 Å². The van der Waals surface area contributed by atoms with Crippen LogP contribution in [-0.2, 0) is 9.59 Å². The van der Waals surface area contributed by atoms with Gasteiger partial charge < -0.3 is 15.5 Å². The van der Waals surface area contributed by atoms with Crippen LogP contribution >= 0.6 is 0 Å². The summed E-state index contributed by atoms with van der Waals surface area (Å²) in [4.78, 5) is 25.3. The van der Waals surface area contributed by atoms with E-state index in [1.807, 2.05) is 32.9 Å². The molecule has 2 atom stereocenters. The SMILES string of the molecule is Cc1cc(C)c(NC(=O)C[NH+](C)CC(=O)N[C@H](C)c2ccc(F)cc2F)c(C)c1. The third-order valence-corrected chi connectivity index (χ3v) is 4.67. The van der Waals surface area contributed by atoms with Gasteiger partial charge in [-0.15, -0.1) is 0 Å². The van der Waals surface area contributed by atoms with Crippen LogP contribution < -0.4 is 15.5 Å². The van der Waals surface area contributed by atoms with Crippen molar-refractivity contribution in [1.29, 1.82) is 0 Å². The summed E-state index contributed by atoms with van der Waals surface area (Å²) < 4.78 is 26.9. The van der Waals surface area contributed by atoms with E-state index < -0.39 is 17.7 Å². The van der Waals surface area contributed by atoms with E-state index in [0.29, 0.717) is 4.90 Å². The van der Waals surface area contributed by atoms with Crippen LogP contribution in [0.1, 0.15) is 35.2 Å². The zero-order valence-electron chi connectivity index (χ0n) is 17.5. The zero-order chi connectivity index (χ0) is 21.7. The van der Waals surface area contributed by atoms with Crippen molar-refractivity contribution < 1.29 is 23.3 Å². The van der Waals surface area contributed by atoms with Crippen LogP contribution in [0.25, 0.3) is 0 Å². The van der Waals surface area contributed by atoms with Gasteiger partial charge in [-0.25, -0.2) is 8.78 Å². The van der Waals surface area contributed by atoms with Crippen LogP contribution in [0.4, 0.5) is 14.5 Å². The highest BCUT2D eigenvalue weighted by atomic mass is 19.1. The fraction of sp³-hybridized carbons (Fsp3) is 0.364. The molecule has 0 spiro atoms. The molecule has 0 radical (unpaired) electrons. The van der Waals surface area contributed by atoms with Crippen LogP contribution in [0, 0.1) is 32.4 Å². The minimum atomic E-state index is -0.707. The number of carbonyl (C=O) groups excluding carboxylic acids is 2. The Morgan fingerprint density at radius 3 is 2.17 bits per heavy atom. The number of rotatable bonds is 7. The Morgan fingerprint density at radius 2 is 1.59 bits per heavy atom. The quantitative estimate of drug-likeness (QED) is 0.663. The van der Waals surface area contributed by atoms with E-state index in [0.717, 1.165) is 34.5 Å². The molecule has 0 aromatic heterocycles. The summed E-state index contributed by atoms with van der Waals surface area (Å²) in [7, 11) is 1.73. The molecular weight excluding hydrogens is 376 g/mol. The summed E-state index contributed by atoms with van der Waals surface area (Å²) in [5.74, 6) is -1.89. The van der Waals surface area contributed by atoms with Crippen molar-refractivity contribution >= 4 is 17.5 Å². The molecule has 2 aromatic rings. The maximum Gasteiger partial charge on any atom is 0.279 e. The first-order valence-electron chi connectivity index (χ1n) is 9.50. The molecule has 3 N–H and O–H groups in total. The average molecular weight is 404 g/mol. The number of benzene rings is 2. The number of quaternary nitrogens is 1. The van der Waals surface area contributed by atoms with Gasteiger partial charge in [-0.3, -0.25) is 9.59 Å². The maximum atomic E-state index is 13.8. The second-order valence-electron chi connectivity index (χ2n) is 7.59. The van der Waals surface area contributed by atoms with Gasteiger partial charge >= 0.3 is 0 Å². The number of halogens is 2. The van der Waals surface area contributed by atoms with Gasteiger partial charge in [0.1, 0.15) is 11.6 Å². The third kappa shape index (κ3) is 6.35. The summed E-state index contributed by atoms with van der Waals surface area (Å²) in [6.45, 7) is 7.66. The standard InChI is InChI=1S/C22H27F2N3O2/c1-13-8-14(2)22(15(3)9-13)26-21(29)12-27(5)11-20(28)25-16(4)18-7-6-17(23)10-19(18)24/h6-10,16H,11-12H2,1-5H3,(H,25,28)(H,26,29)/p+1/t16-/m1/s1. The lowest BCUT2D eigenvalue weighted by atomic mass is 10.1. The first kappa shape index (κ1) is 22.5. The van der Waals surface area contributed by atoms with Gasteiger partial charge in [0.05, 0.1) is 13.1 Å². The number of aryl methyl sites for hydroxylation is 3. The molecule has 0 saturated carbocycles. The van der Waals surface area contributed by atoms with Crippen molar-refractivity contribution in [3.63, 3.8) is 0 Å². The van der Waals surface area contributed by atoms with Gasteiger partial charge in [-0.05, 0) is 44.9 Å². The minimum Gasteiger partial charge on any atom is -0.345 e. The average Bonchev–Trinajstić information content (AvgIpc) is 2.57. The van der Waals surface area contributed by atoms with E-state index in [9.17, 15) is 18.4 Å². The van der Waals surface area contributed by atoms with Crippen LogP contribution in [0.5, 0.6) is 0 Å². The molecule has 29 heavy (non-hydrogen) atoms. The second kappa shape index (κ2) is 9.60. The molecular formula is C22H28F2N3O2+. The van der Waals surface area contributed by atoms with E-state index in [1.54, 1.807) is 14.0 Å². The number of amides is 2. The molecule has 0 bridgehead atoms. The molecule has 0 saturated heterocycles. The van der Waals surface area contributed by atoms with E-state index in [1.165, 1.54) is 6.07 Å². The van der Waals surface area contributed by atoms with Crippen molar-refractivity contribution in [3.05, 3.63) is 64.2 Å². The predicted molar refractivity (Wildman–Crippen MR) is 109 cm³/mol. The Hall–Kier alpha value is -2.80. The van der Waals surface area contributed by atoms with E-state index in [4.69, 9.17) is 0 Å². The molecule has 5 nitrogen and oxygen atoms in total. The van der Waals surface area contributed by atoms with Gasteiger partial charge in [-0.1, -0.05) is 23.8 Å². The third-order valence-electron chi connectivity index (χ3n) is 4.67. The van der Waals surface area contributed by atoms with E-state index >= 15 is 0 Å². The largest absolute Gasteiger partial charge is 0.345 e. The molecule has 7 heteroatoms. The number of likely N-dealkylation sites (N-methyl/N-ethyl adjacent to an activating group) is 1. The minimum absolute atomic E-state index is 0.0481. The molecule has 0 aliphatic rings. The van der Waals surface area contributed by atoms with Crippen LogP contribution in [-0.4, -0.2) is 32.0 Å². The topological polar surface area (TPSA) is 62.6 Å². The smallest absolute Gasteiger partial charge is 0.279 e. The molecule has 0 fully saturated rings. The molecule has 0 heterocycles. The summed E-state index contributed by atoms with van der Waals surface area (Å²) in [5.41, 5.74) is 4.10. The summed E-state index contributed by atoms with van der Waals surface area (Å²) in [5, 5.41) is 5.59. The first-order valence-corrected chi connectivity index (χ1v) is 9.50. The molecule has 0 aliphatic carbocycles. The fourth-order valence-corrected chi connectivity index (χ4v) is 3.39. The Balaban J connectivity index is 1.89. The van der Waals surface area contributed by atoms with Gasteiger partial charge in [0, 0.05) is 17.3 Å². The summed E-state index contributed by atoms with van der Waals surface area (Å²) in [6.07, 6.45) is 0. The Morgan fingerprint density at radius 1 is 1.00 bits per heavy atom. The number of nitrogens with one attached hydrogen (secondary N) is 3. The molecule has 0 aliphatic heterocycles. The van der Waals surface area contributed by atoms with E-state index in [2.05, 4.69) is 10.6 Å². The van der Waals surface area contributed by atoms with E-state index in [-0.39, 0.29) is 30.5 Å². The van der Waals surface area contributed by atoms with Crippen molar-refractivity contribution in [3.8, 4) is 0 Å². The van der Waals surface area contributed by atoms with Gasteiger partial charge in [0.15, 0.2) is 13.1 Å². The summed E-state index contributed by atoms with van der Waals surface area (Å²) in [6, 6.07) is 6.64. The Labute approximate surface area is 170 Å². The number of carbonyl (C=O) groups is 2.